The molecule has 4 nitrogen and oxygen atoms in total. The predicted octanol–water partition coefficient (Wildman–Crippen LogP) is 2.15. The molecule has 5 heteroatoms. The fourth-order valence-electron chi connectivity index (χ4n) is 1.57. The average Bonchev–Trinajstić information content (AvgIpc) is 2.67. The van der Waals surface area contributed by atoms with Gasteiger partial charge in [0.1, 0.15) is 0 Å². The van der Waals surface area contributed by atoms with Crippen LogP contribution in [0.4, 0.5) is 0 Å². The molecule has 0 radical (unpaired) electrons. The largest absolute Gasteiger partial charge is 0.382 e. The molecular weight excluding hydrogens is 250 g/mol. The number of nitrogens with one attached hydrogen (secondary N) is 1. The van der Waals surface area contributed by atoms with Crippen molar-refractivity contribution < 1.29 is 14.3 Å². The number of rotatable bonds is 8. The number of amides is 1. The summed E-state index contributed by atoms with van der Waals surface area (Å²) in [6.07, 6.45) is 0.817. The molecule has 0 aromatic carbocycles. The molecule has 0 aliphatic carbocycles. The van der Waals surface area contributed by atoms with Gasteiger partial charge in [-0.05, 0) is 26.3 Å². The summed E-state index contributed by atoms with van der Waals surface area (Å²) in [7, 11) is 1.65. The minimum atomic E-state index is 0.00809. The van der Waals surface area contributed by atoms with Crippen molar-refractivity contribution in [3.63, 3.8) is 0 Å². The maximum Gasteiger partial charge on any atom is 0.252 e. The van der Waals surface area contributed by atoms with E-state index in [9.17, 15) is 4.79 Å². The fourth-order valence-corrected chi connectivity index (χ4v) is 2.49. The Bertz CT molecular complexity index is 376. The molecule has 0 saturated heterocycles. The van der Waals surface area contributed by atoms with Gasteiger partial charge in [-0.15, -0.1) is 11.3 Å². The van der Waals surface area contributed by atoms with Crippen LogP contribution in [0.25, 0.3) is 0 Å². The number of hydrogen-bond donors (Lipinski definition) is 1. The molecule has 18 heavy (non-hydrogen) atoms. The Morgan fingerprint density at radius 3 is 2.72 bits per heavy atom. The zero-order valence-corrected chi connectivity index (χ0v) is 12.1. The Morgan fingerprint density at radius 2 is 2.11 bits per heavy atom. The summed E-state index contributed by atoms with van der Waals surface area (Å²) in [6, 6.07) is 1.93. The molecule has 1 aromatic rings. The number of carbonyl (C=O) groups is 1. The number of carbonyl (C=O) groups excluding carboxylic acids is 1. The van der Waals surface area contributed by atoms with Gasteiger partial charge < -0.3 is 14.8 Å². The lowest BCUT2D eigenvalue weighted by atomic mass is 10.2. The molecule has 0 bridgehead atoms. The fraction of sp³-hybridized carbons (Fsp3) is 0.615. The second-order valence-corrected chi connectivity index (χ2v) is 5.50. The van der Waals surface area contributed by atoms with E-state index in [0.29, 0.717) is 26.4 Å². The summed E-state index contributed by atoms with van der Waals surface area (Å²) in [6.45, 7) is 6.48. The van der Waals surface area contributed by atoms with Crippen LogP contribution in [0.3, 0.4) is 0 Å². The SMILES string of the molecule is COCCOCCCNC(=O)c1cc(C)sc1C. The van der Waals surface area contributed by atoms with Crippen molar-refractivity contribution in [2.75, 3.05) is 33.5 Å². The Hall–Kier alpha value is -0.910. The molecule has 1 N–H and O–H groups in total. The highest BCUT2D eigenvalue weighted by Crippen LogP contribution is 2.20. The molecule has 0 fully saturated rings. The normalized spacial score (nSPS) is 10.6. The van der Waals surface area contributed by atoms with Crippen molar-refractivity contribution in [2.24, 2.45) is 0 Å². The van der Waals surface area contributed by atoms with Crippen molar-refractivity contribution in [1.29, 1.82) is 0 Å². The lowest BCUT2D eigenvalue weighted by Crippen LogP contribution is -2.25. The Kier molecular flexibility index (Phi) is 6.93. The first kappa shape index (κ1) is 15.1. The molecule has 1 heterocycles. The Labute approximate surface area is 112 Å². The third-order valence-corrected chi connectivity index (χ3v) is 3.43. The Morgan fingerprint density at radius 1 is 1.33 bits per heavy atom. The summed E-state index contributed by atoms with van der Waals surface area (Å²) in [5, 5.41) is 2.90. The summed E-state index contributed by atoms with van der Waals surface area (Å²) < 4.78 is 10.2. The predicted molar refractivity (Wildman–Crippen MR) is 73.4 cm³/mol. The first-order valence-corrected chi connectivity index (χ1v) is 6.88. The first-order chi connectivity index (χ1) is 8.65. The van der Waals surface area contributed by atoms with Gasteiger partial charge in [-0.2, -0.15) is 0 Å². The zero-order valence-electron chi connectivity index (χ0n) is 11.2. The standard InChI is InChI=1S/C13H21NO3S/c1-10-9-12(11(2)18-10)13(15)14-5-4-6-17-8-7-16-3/h9H,4-8H2,1-3H3,(H,14,15). The molecular formula is C13H21NO3S. The van der Waals surface area contributed by atoms with Crippen LogP contribution >= 0.6 is 11.3 Å². The van der Waals surface area contributed by atoms with Crippen LogP contribution in [0.5, 0.6) is 0 Å². The van der Waals surface area contributed by atoms with Crippen LogP contribution in [-0.4, -0.2) is 39.4 Å². The first-order valence-electron chi connectivity index (χ1n) is 6.07. The maximum atomic E-state index is 11.8. The third kappa shape index (κ3) is 5.16. The summed E-state index contributed by atoms with van der Waals surface area (Å²) in [5.74, 6) is 0.00809. The highest BCUT2D eigenvalue weighted by atomic mass is 32.1. The molecule has 1 aromatic heterocycles. The highest BCUT2D eigenvalue weighted by Gasteiger charge is 2.10. The minimum Gasteiger partial charge on any atom is -0.382 e. The van der Waals surface area contributed by atoms with Gasteiger partial charge in [0.15, 0.2) is 0 Å². The number of aryl methyl sites for hydroxylation is 2. The van der Waals surface area contributed by atoms with E-state index in [-0.39, 0.29) is 5.91 Å². The highest BCUT2D eigenvalue weighted by molar-refractivity contribution is 7.12. The lowest BCUT2D eigenvalue weighted by Gasteiger charge is -2.05. The van der Waals surface area contributed by atoms with Crippen molar-refractivity contribution in [3.8, 4) is 0 Å². The van der Waals surface area contributed by atoms with E-state index < -0.39 is 0 Å². The van der Waals surface area contributed by atoms with Crippen LogP contribution in [0, 0.1) is 13.8 Å². The molecule has 0 aliphatic heterocycles. The van der Waals surface area contributed by atoms with E-state index >= 15 is 0 Å². The van der Waals surface area contributed by atoms with Gasteiger partial charge in [0.25, 0.3) is 5.91 Å². The van der Waals surface area contributed by atoms with E-state index in [4.69, 9.17) is 9.47 Å². The van der Waals surface area contributed by atoms with E-state index in [1.165, 1.54) is 4.88 Å². The van der Waals surface area contributed by atoms with Crippen molar-refractivity contribution in [3.05, 3.63) is 21.4 Å². The van der Waals surface area contributed by atoms with E-state index in [1.807, 2.05) is 19.9 Å². The van der Waals surface area contributed by atoms with Crippen LogP contribution in [0.1, 0.15) is 26.5 Å². The van der Waals surface area contributed by atoms with Crippen molar-refractivity contribution >= 4 is 17.2 Å². The van der Waals surface area contributed by atoms with E-state index in [2.05, 4.69) is 5.32 Å². The molecule has 1 amide bonds. The van der Waals surface area contributed by atoms with Crippen molar-refractivity contribution in [1.82, 2.24) is 5.32 Å². The quantitative estimate of drug-likeness (QED) is 0.737. The van der Waals surface area contributed by atoms with Gasteiger partial charge in [-0.3, -0.25) is 4.79 Å². The molecule has 0 atom stereocenters. The van der Waals surface area contributed by atoms with Gasteiger partial charge in [0, 0.05) is 30.0 Å². The molecule has 102 valence electrons. The third-order valence-electron chi connectivity index (χ3n) is 2.47. The number of ether oxygens (including phenoxy) is 2. The van der Waals surface area contributed by atoms with Crippen LogP contribution in [0.2, 0.25) is 0 Å². The van der Waals surface area contributed by atoms with Gasteiger partial charge in [-0.1, -0.05) is 0 Å². The number of hydrogen-bond acceptors (Lipinski definition) is 4. The maximum absolute atomic E-state index is 11.8. The summed E-state index contributed by atoms with van der Waals surface area (Å²) in [4.78, 5) is 14.1. The monoisotopic (exact) mass is 271 g/mol. The molecule has 0 saturated carbocycles. The number of thiophene rings is 1. The molecule has 0 spiro atoms. The summed E-state index contributed by atoms with van der Waals surface area (Å²) >= 11 is 1.65. The molecule has 0 aliphatic rings. The zero-order chi connectivity index (χ0) is 13.4. The molecule has 0 unspecified atom stereocenters. The van der Waals surface area contributed by atoms with Gasteiger partial charge in [0.05, 0.1) is 18.8 Å². The second-order valence-electron chi connectivity index (χ2n) is 4.04. The van der Waals surface area contributed by atoms with Gasteiger partial charge in [-0.25, -0.2) is 0 Å². The summed E-state index contributed by atoms with van der Waals surface area (Å²) in [5.41, 5.74) is 0.790. The Balaban J connectivity index is 2.16. The minimum absolute atomic E-state index is 0.00809. The van der Waals surface area contributed by atoms with Gasteiger partial charge >= 0.3 is 0 Å². The topological polar surface area (TPSA) is 47.6 Å². The average molecular weight is 271 g/mol. The molecule has 1 rings (SSSR count). The smallest absolute Gasteiger partial charge is 0.252 e. The van der Waals surface area contributed by atoms with Crippen LogP contribution in [-0.2, 0) is 9.47 Å². The number of methoxy groups -OCH3 is 1. The second kappa shape index (κ2) is 8.24. The lowest BCUT2D eigenvalue weighted by molar-refractivity contribution is 0.0688. The van der Waals surface area contributed by atoms with E-state index in [0.717, 1.165) is 16.9 Å². The van der Waals surface area contributed by atoms with E-state index in [1.54, 1.807) is 18.4 Å². The van der Waals surface area contributed by atoms with Gasteiger partial charge in [0.2, 0.25) is 0 Å². The van der Waals surface area contributed by atoms with Crippen LogP contribution < -0.4 is 5.32 Å². The van der Waals surface area contributed by atoms with Crippen LogP contribution in [0.15, 0.2) is 6.07 Å². The van der Waals surface area contributed by atoms with Crippen molar-refractivity contribution in [2.45, 2.75) is 20.3 Å².